The number of imidazole rings is 1. The molecule has 3 aromatic rings. The molecule has 0 aliphatic heterocycles. The molecule has 0 fully saturated rings. The average Bonchev–Trinajstić information content (AvgIpc) is 3.01. The predicted octanol–water partition coefficient (Wildman–Crippen LogP) is 4.26. The van der Waals surface area contributed by atoms with Crippen molar-refractivity contribution in [3.05, 3.63) is 45.1 Å². The Hall–Kier alpha value is -1.52. The van der Waals surface area contributed by atoms with Crippen LogP contribution in [0.5, 0.6) is 0 Å². The van der Waals surface area contributed by atoms with Gasteiger partial charge in [0.1, 0.15) is 0 Å². The Labute approximate surface area is 126 Å². The van der Waals surface area contributed by atoms with Crippen LogP contribution in [0.4, 0.5) is 5.95 Å². The Morgan fingerprint density at radius 1 is 1.35 bits per heavy atom. The Morgan fingerprint density at radius 3 is 3.15 bits per heavy atom. The predicted molar refractivity (Wildman–Crippen MR) is 84.6 cm³/mol. The molecular weight excluding hydrogens is 290 g/mol. The van der Waals surface area contributed by atoms with Gasteiger partial charge in [-0.25, -0.2) is 4.98 Å². The van der Waals surface area contributed by atoms with Crippen LogP contribution in [-0.2, 0) is 6.42 Å². The molecule has 1 aromatic carbocycles. The van der Waals surface area contributed by atoms with Crippen molar-refractivity contribution < 1.29 is 0 Å². The number of anilines is 1. The lowest BCUT2D eigenvalue weighted by Gasteiger charge is -2.25. The molecule has 0 bridgehead atoms. The summed E-state index contributed by atoms with van der Waals surface area (Å²) in [5, 5.41) is 2.87. The van der Waals surface area contributed by atoms with Crippen LogP contribution in [0.15, 0.2) is 29.6 Å². The van der Waals surface area contributed by atoms with Crippen LogP contribution in [0, 0.1) is 0 Å². The summed E-state index contributed by atoms with van der Waals surface area (Å²) in [7, 11) is 0. The monoisotopic (exact) mass is 303 g/mol. The van der Waals surface area contributed by atoms with E-state index in [0.29, 0.717) is 17.0 Å². The number of aromatic nitrogens is 2. The highest BCUT2D eigenvalue weighted by molar-refractivity contribution is 7.10. The topological polar surface area (TPSA) is 43.8 Å². The van der Waals surface area contributed by atoms with Gasteiger partial charge in [-0.3, -0.25) is 0 Å². The van der Waals surface area contributed by atoms with E-state index in [1.54, 1.807) is 0 Å². The number of nitrogen functional groups attached to an aromatic ring is 1. The molecule has 4 rings (SSSR count). The fraction of sp³-hybridized carbons (Fsp3) is 0.267. The van der Waals surface area contributed by atoms with E-state index < -0.39 is 0 Å². The Balaban J connectivity index is 1.94. The van der Waals surface area contributed by atoms with E-state index in [2.05, 4.69) is 21.0 Å². The highest BCUT2D eigenvalue weighted by atomic mass is 35.5. The molecule has 1 unspecified atom stereocenters. The molecule has 2 heterocycles. The Bertz CT molecular complexity index is 790. The molecule has 0 amide bonds. The summed E-state index contributed by atoms with van der Waals surface area (Å²) in [5.74, 6) is 0.575. The second-order valence-electron chi connectivity index (χ2n) is 5.18. The third-order valence-electron chi connectivity index (χ3n) is 4.01. The largest absolute Gasteiger partial charge is 0.369 e. The van der Waals surface area contributed by atoms with Crippen molar-refractivity contribution in [3.63, 3.8) is 0 Å². The number of aryl methyl sites for hydroxylation is 1. The van der Waals surface area contributed by atoms with Crippen molar-refractivity contribution >= 4 is 39.9 Å². The second-order valence-corrected chi connectivity index (χ2v) is 6.62. The first-order valence-corrected chi connectivity index (χ1v) is 7.99. The minimum Gasteiger partial charge on any atom is -0.369 e. The summed E-state index contributed by atoms with van der Waals surface area (Å²) in [4.78, 5) is 5.95. The van der Waals surface area contributed by atoms with Gasteiger partial charge in [-0.1, -0.05) is 11.6 Å². The average molecular weight is 304 g/mol. The standard InChI is InChI=1S/C15H14ClN3S/c16-9-4-5-13-11(8-9)18-15(17)19(13)12-2-1-3-14-10(12)6-7-20-14/h4-8,12H,1-3H2,(H2,17,18). The summed E-state index contributed by atoms with van der Waals surface area (Å²) in [6.45, 7) is 0. The van der Waals surface area contributed by atoms with Crippen LogP contribution in [0.25, 0.3) is 11.0 Å². The van der Waals surface area contributed by atoms with Crippen molar-refractivity contribution in [1.82, 2.24) is 9.55 Å². The molecular formula is C15H14ClN3S. The van der Waals surface area contributed by atoms with Gasteiger partial charge in [0.2, 0.25) is 5.95 Å². The molecule has 5 heteroatoms. The maximum absolute atomic E-state index is 6.17. The van der Waals surface area contributed by atoms with Crippen LogP contribution in [0.1, 0.15) is 29.3 Å². The van der Waals surface area contributed by atoms with E-state index in [0.717, 1.165) is 17.5 Å². The van der Waals surface area contributed by atoms with Gasteiger partial charge in [-0.2, -0.15) is 0 Å². The zero-order valence-electron chi connectivity index (χ0n) is 10.8. The third-order valence-corrected chi connectivity index (χ3v) is 5.24. The summed E-state index contributed by atoms with van der Waals surface area (Å²) < 4.78 is 2.16. The van der Waals surface area contributed by atoms with Gasteiger partial charge < -0.3 is 10.3 Å². The van der Waals surface area contributed by atoms with Crippen molar-refractivity contribution in [2.24, 2.45) is 0 Å². The molecule has 102 valence electrons. The normalized spacial score (nSPS) is 18.4. The first kappa shape index (κ1) is 12.2. The molecule has 3 nitrogen and oxygen atoms in total. The van der Waals surface area contributed by atoms with E-state index in [1.165, 1.54) is 23.3 Å². The minimum absolute atomic E-state index is 0.302. The van der Waals surface area contributed by atoms with Gasteiger partial charge in [-0.05, 0) is 54.5 Å². The highest BCUT2D eigenvalue weighted by Gasteiger charge is 2.25. The molecule has 0 saturated heterocycles. The minimum atomic E-state index is 0.302. The summed E-state index contributed by atoms with van der Waals surface area (Å²) >= 11 is 7.89. The lowest BCUT2D eigenvalue weighted by Crippen LogP contribution is -2.17. The number of hydrogen-bond acceptors (Lipinski definition) is 3. The van der Waals surface area contributed by atoms with Gasteiger partial charge in [0, 0.05) is 9.90 Å². The number of fused-ring (bicyclic) bond motifs is 2. The quantitative estimate of drug-likeness (QED) is 0.730. The van der Waals surface area contributed by atoms with E-state index in [-0.39, 0.29) is 0 Å². The number of benzene rings is 1. The van der Waals surface area contributed by atoms with Gasteiger partial charge >= 0.3 is 0 Å². The molecule has 1 atom stereocenters. The maximum Gasteiger partial charge on any atom is 0.201 e. The molecule has 2 aromatic heterocycles. The SMILES string of the molecule is Nc1nc2cc(Cl)ccc2n1C1CCCc2sccc21. The molecule has 0 radical (unpaired) electrons. The number of rotatable bonds is 1. The summed E-state index contributed by atoms with van der Waals surface area (Å²) in [5.41, 5.74) is 9.52. The van der Waals surface area contributed by atoms with Crippen molar-refractivity contribution in [3.8, 4) is 0 Å². The van der Waals surface area contributed by atoms with Crippen LogP contribution in [0.2, 0.25) is 5.02 Å². The zero-order valence-corrected chi connectivity index (χ0v) is 12.4. The smallest absolute Gasteiger partial charge is 0.201 e. The number of halogens is 1. The van der Waals surface area contributed by atoms with Crippen LogP contribution in [-0.4, -0.2) is 9.55 Å². The van der Waals surface area contributed by atoms with Gasteiger partial charge in [0.05, 0.1) is 17.1 Å². The Kier molecular flexibility index (Phi) is 2.75. The van der Waals surface area contributed by atoms with Crippen molar-refractivity contribution in [2.45, 2.75) is 25.3 Å². The lowest BCUT2D eigenvalue weighted by atomic mass is 9.93. The van der Waals surface area contributed by atoms with Crippen molar-refractivity contribution in [1.29, 1.82) is 0 Å². The lowest BCUT2D eigenvalue weighted by molar-refractivity contribution is 0.510. The summed E-state index contributed by atoms with van der Waals surface area (Å²) in [6, 6.07) is 8.32. The summed E-state index contributed by atoms with van der Waals surface area (Å²) in [6.07, 6.45) is 3.49. The van der Waals surface area contributed by atoms with Crippen molar-refractivity contribution in [2.75, 3.05) is 5.73 Å². The molecule has 1 aliphatic rings. The van der Waals surface area contributed by atoms with Crippen LogP contribution in [0.3, 0.4) is 0 Å². The van der Waals surface area contributed by atoms with E-state index in [9.17, 15) is 0 Å². The number of thiophene rings is 1. The maximum atomic E-state index is 6.17. The Morgan fingerprint density at radius 2 is 2.25 bits per heavy atom. The second kappa shape index (κ2) is 4.50. The molecule has 0 saturated carbocycles. The molecule has 20 heavy (non-hydrogen) atoms. The highest BCUT2D eigenvalue weighted by Crippen LogP contribution is 2.39. The van der Waals surface area contributed by atoms with Gasteiger partial charge in [0.15, 0.2) is 0 Å². The van der Waals surface area contributed by atoms with Gasteiger partial charge in [0.25, 0.3) is 0 Å². The van der Waals surface area contributed by atoms with Crippen LogP contribution < -0.4 is 5.73 Å². The van der Waals surface area contributed by atoms with Crippen LogP contribution >= 0.6 is 22.9 Å². The van der Waals surface area contributed by atoms with E-state index >= 15 is 0 Å². The number of nitrogens with zero attached hydrogens (tertiary/aromatic N) is 2. The first-order chi connectivity index (χ1) is 9.74. The molecule has 0 spiro atoms. The molecule has 1 aliphatic carbocycles. The fourth-order valence-corrected chi connectivity index (χ4v) is 4.30. The zero-order chi connectivity index (χ0) is 13.7. The first-order valence-electron chi connectivity index (χ1n) is 6.73. The number of nitrogens with two attached hydrogens (primary N) is 1. The third kappa shape index (κ3) is 1.75. The van der Waals surface area contributed by atoms with E-state index in [4.69, 9.17) is 17.3 Å². The van der Waals surface area contributed by atoms with Gasteiger partial charge in [-0.15, -0.1) is 11.3 Å². The molecule has 2 N–H and O–H groups in total. The fourth-order valence-electron chi connectivity index (χ4n) is 3.15. The van der Waals surface area contributed by atoms with E-state index in [1.807, 2.05) is 29.5 Å². The number of hydrogen-bond donors (Lipinski definition) is 1.